The van der Waals surface area contributed by atoms with Crippen molar-refractivity contribution >= 4 is 11.6 Å². The second-order valence-corrected chi connectivity index (χ2v) is 3.36. The van der Waals surface area contributed by atoms with E-state index in [1.54, 1.807) is 19.5 Å². The van der Waals surface area contributed by atoms with Crippen LogP contribution in [0.25, 0.3) is 11.4 Å². The summed E-state index contributed by atoms with van der Waals surface area (Å²) in [5.41, 5.74) is 2.02. The fourth-order valence-corrected chi connectivity index (χ4v) is 1.67. The van der Waals surface area contributed by atoms with Crippen molar-refractivity contribution in [3.05, 3.63) is 36.2 Å². The molecule has 2 aromatic rings. The lowest BCUT2D eigenvalue weighted by atomic mass is 10.1. The van der Waals surface area contributed by atoms with Crippen molar-refractivity contribution < 1.29 is 4.74 Å². The van der Waals surface area contributed by atoms with E-state index in [1.807, 2.05) is 18.2 Å². The van der Waals surface area contributed by atoms with Gasteiger partial charge >= 0.3 is 0 Å². The summed E-state index contributed by atoms with van der Waals surface area (Å²) in [6.45, 7) is 0. The number of aromatic amines is 1. The van der Waals surface area contributed by atoms with E-state index in [1.165, 1.54) is 0 Å². The molecule has 0 aliphatic carbocycles. The highest BCUT2D eigenvalue weighted by Gasteiger charge is 2.07. The first-order chi connectivity index (χ1) is 7.35. The number of nitrogens with zero attached hydrogens (tertiary/aromatic N) is 1. The molecular formula is C11H11ClN2O. The molecule has 0 aliphatic rings. The second kappa shape index (κ2) is 4.36. The number of ether oxygens (including phenoxy) is 1. The molecule has 0 radical (unpaired) electrons. The average molecular weight is 223 g/mol. The normalized spacial score (nSPS) is 10.3. The predicted molar refractivity (Wildman–Crippen MR) is 60.1 cm³/mol. The van der Waals surface area contributed by atoms with Crippen LogP contribution in [0, 0.1) is 0 Å². The Balaban J connectivity index is 2.52. The van der Waals surface area contributed by atoms with Gasteiger partial charge in [-0.2, -0.15) is 0 Å². The monoisotopic (exact) mass is 222 g/mol. The predicted octanol–water partition coefficient (Wildman–Crippen LogP) is 2.82. The number of nitrogens with one attached hydrogen (secondary N) is 1. The minimum absolute atomic E-state index is 0.458. The lowest BCUT2D eigenvalue weighted by Gasteiger charge is -2.07. The second-order valence-electron chi connectivity index (χ2n) is 3.09. The van der Waals surface area contributed by atoms with Crippen LogP contribution in [-0.2, 0) is 5.88 Å². The molecule has 0 spiro atoms. The molecule has 0 unspecified atom stereocenters. The number of H-pyrrole nitrogens is 1. The quantitative estimate of drug-likeness (QED) is 0.811. The highest BCUT2D eigenvalue weighted by Crippen LogP contribution is 2.26. The number of hydrogen-bond acceptors (Lipinski definition) is 2. The zero-order valence-corrected chi connectivity index (χ0v) is 9.08. The maximum atomic E-state index is 5.86. The highest BCUT2D eigenvalue weighted by atomic mass is 35.5. The van der Waals surface area contributed by atoms with Crippen molar-refractivity contribution in [1.29, 1.82) is 0 Å². The molecular weight excluding hydrogens is 212 g/mol. The van der Waals surface area contributed by atoms with Gasteiger partial charge in [0.05, 0.1) is 7.11 Å². The van der Waals surface area contributed by atoms with E-state index >= 15 is 0 Å². The number of hydrogen-bond donors (Lipinski definition) is 1. The maximum absolute atomic E-state index is 5.86. The molecule has 1 N–H and O–H groups in total. The van der Waals surface area contributed by atoms with E-state index < -0.39 is 0 Å². The third-order valence-electron chi connectivity index (χ3n) is 2.21. The molecule has 1 aromatic heterocycles. The van der Waals surface area contributed by atoms with Gasteiger partial charge in [-0.1, -0.05) is 6.07 Å². The van der Waals surface area contributed by atoms with Crippen LogP contribution in [0.15, 0.2) is 30.6 Å². The van der Waals surface area contributed by atoms with Crippen LogP contribution < -0.4 is 4.74 Å². The van der Waals surface area contributed by atoms with E-state index in [9.17, 15) is 0 Å². The third-order valence-corrected chi connectivity index (χ3v) is 2.50. The molecule has 4 heteroatoms. The summed E-state index contributed by atoms with van der Waals surface area (Å²) in [4.78, 5) is 7.25. The molecule has 0 amide bonds. The number of imidazole rings is 1. The average Bonchev–Trinajstić information content (AvgIpc) is 2.81. The summed E-state index contributed by atoms with van der Waals surface area (Å²) in [6, 6.07) is 5.77. The van der Waals surface area contributed by atoms with Gasteiger partial charge in [0.25, 0.3) is 0 Å². The number of benzene rings is 1. The lowest BCUT2D eigenvalue weighted by molar-refractivity contribution is 0.415. The Morgan fingerprint density at radius 3 is 2.93 bits per heavy atom. The zero-order chi connectivity index (χ0) is 10.7. The Bertz CT molecular complexity index is 440. The van der Waals surface area contributed by atoms with Crippen molar-refractivity contribution in [3.8, 4) is 17.1 Å². The number of alkyl halides is 1. The topological polar surface area (TPSA) is 37.9 Å². The summed E-state index contributed by atoms with van der Waals surface area (Å²) in [6.07, 6.45) is 3.50. The minimum Gasteiger partial charge on any atom is -0.497 e. The summed E-state index contributed by atoms with van der Waals surface area (Å²) in [7, 11) is 1.64. The van der Waals surface area contributed by atoms with E-state index in [4.69, 9.17) is 16.3 Å². The fourth-order valence-electron chi connectivity index (χ4n) is 1.43. The van der Waals surface area contributed by atoms with Gasteiger partial charge in [-0.15, -0.1) is 11.6 Å². The first-order valence-corrected chi connectivity index (χ1v) is 5.11. The fraction of sp³-hybridized carbons (Fsp3) is 0.182. The Kier molecular flexibility index (Phi) is 2.92. The third kappa shape index (κ3) is 1.97. The van der Waals surface area contributed by atoms with Crippen molar-refractivity contribution in [2.45, 2.75) is 5.88 Å². The number of rotatable bonds is 3. The molecule has 0 fully saturated rings. The standard InChI is InChI=1S/C11H11ClN2O/c1-15-9-3-2-8(7-12)10(6-9)11-13-4-5-14-11/h2-6H,7H2,1H3,(H,13,14). The number of aromatic nitrogens is 2. The van der Waals surface area contributed by atoms with Crippen LogP contribution in [0.5, 0.6) is 5.75 Å². The lowest BCUT2D eigenvalue weighted by Crippen LogP contribution is -1.90. The van der Waals surface area contributed by atoms with E-state index in [-0.39, 0.29) is 0 Å². The Morgan fingerprint density at radius 2 is 2.33 bits per heavy atom. The molecule has 1 heterocycles. The van der Waals surface area contributed by atoms with Gasteiger partial charge in [0.2, 0.25) is 0 Å². The molecule has 15 heavy (non-hydrogen) atoms. The smallest absolute Gasteiger partial charge is 0.137 e. The molecule has 0 atom stereocenters. The molecule has 0 saturated carbocycles. The largest absolute Gasteiger partial charge is 0.497 e. The van der Waals surface area contributed by atoms with Gasteiger partial charge in [-0.3, -0.25) is 0 Å². The van der Waals surface area contributed by atoms with Crippen LogP contribution in [0.1, 0.15) is 5.56 Å². The molecule has 0 aliphatic heterocycles. The van der Waals surface area contributed by atoms with E-state index in [0.717, 1.165) is 22.7 Å². The van der Waals surface area contributed by atoms with Gasteiger partial charge < -0.3 is 9.72 Å². The summed E-state index contributed by atoms with van der Waals surface area (Å²) in [5.74, 6) is 2.07. The Morgan fingerprint density at radius 1 is 1.47 bits per heavy atom. The van der Waals surface area contributed by atoms with Crippen LogP contribution in [-0.4, -0.2) is 17.1 Å². The zero-order valence-electron chi connectivity index (χ0n) is 8.33. The SMILES string of the molecule is COc1ccc(CCl)c(-c2ncc[nH]2)c1. The minimum atomic E-state index is 0.458. The molecule has 0 saturated heterocycles. The van der Waals surface area contributed by atoms with Gasteiger partial charge in [0.1, 0.15) is 11.6 Å². The van der Waals surface area contributed by atoms with Crippen molar-refractivity contribution in [2.24, 2.45) is 0 Å². The molecule has 78 valence electrons. The summed E-state index contributed by atoms with van der Waals surface area (Å²) < 4.78 is 5.17. The van der Waals surface area contributed by atoms with Crippen LogP contribution in [0.2, 0.25) is 0 Å². The summed E-state index contributed by atoms with van der Waals surface area (Å²) >= 11 is 5.86. The van der Waals surface area contributed by atoms with Gasteiger partial charge in [-0.05, 0) is 17.7 Å². The Hall–Kier alpha value is -1.48. The number of halogens is 1. The number of methoxy groups -OCH3 is 1. The van der Waals surface area contributed by atoms with Crippen LogP contribution in [0.4, 0.5) is 0 Å². The van der Waals surface area contributed by atoms with Crippen molar-refractivity contribution in [1.82, 2.24) is 9.97 Å². The highest BCUT2D eigenvalue weighted by molar-refractivity contribution is 6.17. The Labute approximate surface area is 93.1 Å². The molecule has 1 aromatic carbocycles. The van der Waals surface area contributed by atoms with Gasteiger partial charge in [0.15, 0.2) is 0 Å². The van der Waals surface area contributed by atoms with Gasteiger partial charge in [-0.25, -0.2) is 4.98 Å². The van der Waals surface area contributed by atoms with E-state index in [0.29, 0.717) is 5.88 Å². The van der Waals surface area contributed by atoms with Gasteiger partial charge in [0, 0.05) is 23.8 Å². The van der Waals surface area contributed by atoms with Crippen molar-refractivity contribution in [3.63, 3.8) is 0 Å². The summed E-state index contributed by atoms with van der Waals surface area (Å²) in [5, 5.41) is 0. The van der Waals surface area contributed by atoms with E-state index in [2.05, 4.69) is 9.97 Å². The molecule has 2 rings (SSSR count). The molecule has 0 bridgehead atoms. The first-order valence-electron chi connectivity index (χ1n) is 4.58. The first kappa shape index (κ1) is 10.1. The van der Waals surface area contributed by atoms with Crippen molar-refractivity contribution in [2.75, 3.05) is 7.11 Å². The molecule has 3 nitrogen and oxygen atoms in total. The van der Waals surface area contributed by atoms with Crippen LogP contribution in [0.3, 0.4) is 0 Å². The van der Waals surface area contributed by atoms with Crippen LogP contribution >= 0.6 is 11.6 Å². The maximum Gasteiger partial charge on any atom is 0.137 e.